The molecule has 1 fully saturated rings. The lowest BCUT2D eigenvalue weighted by molar-refractivity contribution is -0.143. The number of piperidine rings is 1. The summed E-state index contributed by atoms with van der Waals surface area (Å²) in [5.74, 6) is -1.92. The number of nitrogens with zero attached hydrogens (tertiary/aromatic N) is 2. The lowest BCUT2D eigenvalue weighted by Crippen LogP contribution is -2.42. The van der Waals surface area contributed by atoms with Crippen molar-refractivity contribution in [3.05, 3.63) is 77.2 Å². The Balaban J connectivity index is 1.19. The predicted molar refractivity (Wildman–Crippen MR) is 125 cm³/mol. The van der Waals surface area contributed by atoms with Crippen LogP contribution in [0.2, 0.25) is 0 Å². The normalized spacial score (nSPS) is 16.9. The third-order valence-corrected chi connectivity index (χ3v) is 6.68. The van der Waals surface area contributed by atoms with E-state index in [4.69, 9.17) is 9.26 Å². The van der Waals surface area contributed by atoms with Gasteiger partial charge >= 0.3 is 12.1 Å². The number of fused-ring (bicyclic) bond motifs is 3. The van der Waals surface area contributed by atoms with E-state index >= 15 is 0 Å². The van der Waals surface area contributed by atoms with Crippen LogP contribution < -0.4 is 5.32 Å². The molecular weight excluding hydrogens is 450 g/mol. The second-order valence-corrected chi connectivity index (χ2v) is 8.78. The lowest BCUT2D eigenvalue weighted by Gasteiger charge is -2.30. The van der Waals surface area contributed by atoms with Crippen LogP contribution in [-0.2, 0) is 16.1 Å². The molecule has 2 amide bonds. The highest BCUT2D eigenvalue weighted by molar-refractivity contribution is 5.95. The molecule has 2 aliphatic rings. The lowest BCUT2D eigenvalue weighted by atomic mass is 9.97. The van der Waals surface area contributed by atoms with Crippen molar-refractivity contribution in [2.24, 2.45) is 5.92 Å². The SMILES string of the molecule is O=C(NCc1nocc1C(=O)N1CCC[C@H](C(=O)O)C1)OCC1c2ccccc2-c2ccccc21. The Morgan fingerprint density at radius 2 is 1.77 bits per heavy atom. The van der Waals surface area contributed by atoms with Crippen LogP contribution in [0.15, 0.2) is 59.3 Å². The summed E-state index contributed by atoms with van der Waals surface area (Å²) in [6.07, 6.45) is 1.75. The maximum absolute atomic E-state index is 12.9. The van der Waals surface area contributed by atoms with Gasteiger partial charge in [0.25, 0.3) is 5.91 Å². The van der Waals surface area contributed by atoms with Gasteiger partial charge in [-0.15, -0.1) is 0 Å². The van der Waals surface area contributed by atoms with Crippen LogP contribution in [0.25, 0.3) is 11.1 Å². The number of hydrogen-bond donors (Lipinski definition) is 2. The number of carboxylic acid groups (broad SMARTS) is 1. The first-order valence-corrected chi connectivity index (χ1v) is 11.6. The zero-order chi connectivity index (χ0) is 24.4. The molecule has 2 aromatic carbocycles. The van der Waals surface area contributed by atoms with E-state index < -0.39 is 18.0 Å². The van der Waals surface area contributed by atoms with Gasteiger partial charge in [-0.25, -0.2) is 4.79 Å². The van der Waals surface area contributed by atoms with Crippen molar-refractivity contribution < 1.29 is 28.8 Å². The predicted octanol–water partition coefficient (Wildman–Crippen LogP) is 3.65. The molecule has 0 unspecified atom stereocenters. The van der Waals surface area contributed by atoms with Gasteiger partial charge in [-0.3, -0.25) is 9.59 Å². The van der Waals surface area contributed by atoms with E-state index in [0.29, 0.717) is 19.4 Å². The van der Waals surface area contributed by atoms with E-state index in [2.05, 4.69) is 22.6 Å². The molecule has 9 nitrogen and oxygen atoms in total. The molecule has 0 radical (unpaired) electrons. The van der Waals surface area contributed by atoms with Gasteiger partial charge in [-0.2, -0.15) is 0 Å². The molecule has 5 rings (SSSR count). The van der Waals surface area contributed by atoms with Gasteiger partial charge in [-0.1, -0.05) is 53.7 Å². The van der Waals surface area contributed by atoms with Crippen molar-refractivity contribution in [3.63, 3.8) is 0 Å². The van der Waals surface area contributed by atoms with E-state index in [9.17, 15) is 19.5 Å². The average Bonchev–Trinajstić information content (AvgIpc) is 3.48. The number of aliphatic carboxylic acids is 1. The Labute approximate surface area is 201 Å². The van der Waals surface area contributed by atoms with E-state index in [0.717, 1.165) is 22.3 Å². The molecule has 35 heavy (non-hydrogen) atoms. The molecule has 1 aromatic heterocycles. The minimum Gasteiger partial charge on any atom is -0.481 e. The molecule has 1 aliphatic carbocycles. The number of nitrogens with one attached hydrogen (secondary N) is 1. The summed E-state index contributed by atoms with van der Waals surface area (Å²) in [5, 5.41) is 15.8. The van der Waals surface area contributed by atoms with Crippen molar-refractivity contribution in [3.8, 4) is 11.1 Å². The molecule has 9 heteroatoms. The highest BCUT2D eigenvalue weighted by Crippen LogP contribution is 2.44. The number of aromatic nitrogens is 1. The number of carboxylic acids is 1. The van der Waals surface area contributed by atoms with Crippen molar-refractivity contribution in [2.45, 2.75) is 25.3 Å². The van der Waals surface area contributed by atoms with Gasteiger partial charge in [0.2, 0.25) is 0 Å². The summed E-state index contributed by atoms with van der Waals surface area (Å²) < 4.78 is 10.5. The van der Waals surface area contributed by atoms with Gasteiger partial charge in [-0.05, 0) is 35.1 Å². The Bertz CT molecular complexity index is 1220. The largest absolute Gasteiger partial charge is 0.481 e. The van der Waals surface area contributed by atoms with Gasteiger partial charge < -0.3 is 24.6 Å². The molecule has 1 aliphatic heterocycles. The molecule has 1 atom stereocenters. The van der Waals surface area contributed by atoms with E-state index in [-0.39, 0.29) is 42.8 Å². The Morgan fingerprint density at radius 3 is 2.46 bits per heavy atom. The fourth-order valence-corrected chi connectivity index (χ4v) is 4.90. The number of amides is 2. The molecule has 2 N–H and O–H groups in total. The number of carbonyl (C=O) groups excluding carboxylic acids is 2. The van der Waals surface area contributed by atoms with Gasteiger partial charge in [0.15, 0.2) is 0 Å². The van der Waals surface area contributed by atoms with Gasteiger partial charge in [0.1, 0.15) is 24.1 Å². The molecule has 0 bridgehead atoms. The van der Waals surface area contributed by atoms with Crippen molar-refractivity contribution >= 4 is 18.0 Å². The van der Waals surface area contributed by atoms with E-state index in [1.165, 1.54) is 11.2 Å². The van der Waals surface area contributed by atoms with Crippen molar-refractivity contribution in [2.75, 3.05) is 19.7 Å². The fraction of sp³-hybridized carbons (Fsp3) is 0.308. The average molecular weight is 476 g/mol. The zero-order valence-electron chi connectivity index (χ0n) is 19.0. The molecule has 1 saturated heterocycles. The Morgan fingerprint density at radius 1 is 1.09 bits per heavy atom. The van der Waals surface area contributed by atoms with Crippen LogP contribution in [0.3, 0.4) is 0 Å². The highest BCUT2D eigenvalue weighted by Gasteiger charge is 2.31. The topological polar surface area (TPSA) is 122 Å². The van der Waals surface area contributed by atoms with E-state index in [1.54, 1.807) is 0 Å². The highest BCUT2D eigenvalue weighted by atomic mass is 16.5. The molecule has 3 aromatic rings. The third-order valence-electron chi connectivity index (χ3n) is 6.68. The minimum absolute atomic E-state index is 0.0511. The van der Waals surface area contributed by atoms with Crippen LogP contribution in [0.5, 0.6) is 0 Å². The number of alkyl carbamates (subject to hydrolysis) is 1. The van der Waals surface area contributed by atoms with Crippen LogP contribution in [0.1, 0.15) is 45.9 Å². The second-order valence-electron chi connectivity index (χ2n) is 8.78. The summed E-state index contributed by atoms with van der Waals surface area (Å²) in [6.45, 7) is 0.727. The van der Waals surface area contributed by atoms with Crippen LogP contribution in [0, 0.1) is 5.92 Å². The first-order valence-electron chi connectivity index (χ1n) is 11.6. The summed E-state index contributed by atoms with van der Waals surface area (Å²) in [5.41, 5.74) is 4.99. The number of benzene rings is 2. The summed E-state index contributed by atoms with van der Waals surface area (Å²) >= 11 is 0. The smallest absolute Gasteiger partial charge is 0.407 e. The number of hydrogen-bond acceptors (Lipinski definition) is 6. The Kier molecular flexibility index (Phi) is 6.22. The first-order chi connectivity index (χ1) is 17.0. The minimum atomic E-state index is -0.912. The second kappa shape index (κ2) is 9.61. The van der Waals surface area contributed by atoms with E-state index in [1.807, 2.05) is 36.4 Å². The van der Waals surface area contributed by atoms with Crippen LogP contribution in [0.4, 0.5) is 4.79 Å². The maximum Gasteiger partial charge on any atom is 0.407 e. The molecule has 0 spiro atoms. The summed E-state index contributed by atoms with van der Waals surface area (Å²) in [6, 6.07) is 16.2. The van der Waals surface area contributed by atoms with Crippen LogP contribution >= 0.6 is 0 Å². The quantitative estimate of drug-likeness (QED) is 0.558. The van der Waals surface area contributed by atoms with Gasteiger partial charge in [0, 0.05) is 19.0 Å². The molecule has 0 saturated carbocycles. The van der Waals surface area contributed by atoms with Crippen molar-refractivity contribution in [1.82, 2.24) is 15.4 Å². The first kappa shape index (κ1) is 22.6. The number of carbonyl (C=O) groups is 3. The van der Waals surface area contributed by atoms with Gasteiger partial charge in [0.05, 0.1) is 12.5 Å². The third kappa shape index (κ3) is 4.49. The number of likely N-dealkylation sites (tertiary alicyclic amines) is 1. The summed E-state index contributed by atoms with van der Waals surface area (Å²) in [7, 11) is 0. The maximum atomic E-state index is 12.9. The monoisotopic (exact) mass is 475 g/mol. The number of ether oxygens (including phenoxy) is 1. The molecule has 180 valence electrons. The summed E-state index contributed by atoms with van der Waals surface area (Å²) in [4.78, 5) is 38.2. The molecule has 2 heterocycles. The Hall–Kier alpha value is -4.14. The fourth-order valence-electron chi connectivity index (χ4n) is 4.90. The van der Waals surface area contributed by atoms with Crippen LogP contribution in [-0.4, -0.2) is 52.8 Å². The van der Waals surface area contributed by atoms with Crippen molar-refractivity contribution in [1.29, 1.82) is 0 Å². The standard InChI is InChI=1S/C26H25N3O6/c30-24(29-11-5-6-16(13-29)25(31)32)22-15-35-28-23(22)12-27-26(33)34-14-21-19-9-3-1-7-17(19)18-8-2-4-10-20(18)21/h1-4,7-10,15-16,21H,5-6,11-14H2,(H,27,33)(H,31,32)/t16-/m0/s1. The zero-order valence-corrected chi connectivity index (χ0v) is 19.0. The molecular formula is C26H25N3O6. The number of rotatable bonds is 6.